The van der Waals surface area contributed by atoms with Crippen LogP contribution in [0.15, 0.2) is 17.0 Å². The van der Waals surface area contributed by atoms with E-state index in [9.17, 15) is 0 Å². The van der Waals surface area contributed by atoms with Crippen LogP contribution in [0.25, 0.3) is 0 Å². The minimum Gasteiger partial charge on any atom is -0.473 e. The summed E-state index contributed by atoms with van der Waals surface area (Å²) in [4.78, 5) is 8.16. The lowest BCUT2D eigenvalue weighted by molar-refractivity contribution is 0.200. The van der Waals surface area contributed by atoms with Gasteiger partial charge in [-0.1, -0.05) is 0 Å². The van der Waals surface area contributed by atoms with Crippen LogP contribution in [-0.4, -0.2) is 16.1 Å². The molecule has 0 saturated heterocycles. The number of hydrogen-bond donors (Lipinski definition) is 0. The number of nitrogens with zero attached hydrogens (tertiary/aromatic N) is 2. The summed E-state index contributed by atoms with van der Waals surface area (Å²) in [5, 5.41) is 0. The highest BCUT2D eigenvalue weighted by atomic mass is 79.9. The Morgan fingerprint density at radius 2 is 2.08 bits per heavy atom. The first-order valence-electron chi connectivity index (χ1n) is 4.49. The van der Waals surface area contributed by atoms with Gasteiger partial charge in [-0.25, -0.2) is 4.98 Å². The van der Waals surface area contributed by atoms with Crippen LogP contribution >= 0.6 is 15.9 Å². The van der Waals surface area contributed by atoms with Gasteiger partial charge in [-0.15, -0.1) is 0 Å². The predicted octanol–water partition coefficient (Wildman–Crippen LogP) is 2.56. The van der Waals surface area contributed by atoms with Gasteiger partial charge in [-0.05, 0) is 41.6 Å². The first kappa shape index (κ1) is 8.94. The van der Waals surface area contributed by atoms with E-state index >= 15 is 0 Å². The van der Waals surface area contributed by atoms with E-state index in [1.807, 2.05) is 0 Å². The number of hydrogen-bond acceptors (Lipinski definition) is 3. The molecule has 1 aromatic heterocycles. The van der Waals surface area contributed by atoms with Gasteiger partial charge in [0.05, 0.1) is 12.4 Å². The Labute approximate surface area is 85.7 Å². The third kappa shape index (κ3) is 2.40. The van der Waals surface area contributed by atoms with Crippen molar-refractivity contribution in [3.05, 3.63) is 17.0 Å². The minimum absolute atomic E-state index is 0.351. The van der Waals surface area contributed by atoms with Crippen LogP contribution in [0.5, 0.6) is 5.88 Å². The van der Waals surface area contributed by atoms with Crippen LogP contribution in [0.2, 0.25) is 0 Å². The van der Waals surface area contributed by atoms with Crippen LogP contribution < -0.4 is 4.74 Å². The lowest BCUT2D eigenvalue weighted by Crippen LogP contribution is -2.11. The molecule has 70 valence electrons. The Hall–Kier alpha value is -0.640. The summed E-state index contributed by atoms with van der Waals surface area (Å²) >= 11 is 3.26. The fraction of sp³-hybridized carbons (Fsp3) is 0.556. The second-order valence-corrected chi connectivity index (χ2v) is 4.02. The molecule has 0 radical (unpaired) electrons. The van der Waals surface area contributed by atoms with Gasteiger partial charge in [0, 0.05) is 0 Å². The zero-order valence-corrected chi connectivity index (χ0v) is 8.83. The summed E-state index contributed by atoms with van der Waals surface area (Å²) in [6.45, 7) is 0. The normalized spacial score (nSPS) is 17.6. The van der Waals surface area contributed by atoms with E-state index in [-0.39, 0.29) is 0 Å². The summed E-state index contributed by atoms with van der Waals surface area (Å²) in [5.41, 5.74) is 0. The molecule has 0 atom stereocenters. The molecular formula is C9H11BrN2O. The molecule has 0 amide bonds. The van der Waals surface area contributed by atoms with Crippen molar-refractivity contribution in [1.82, 2.24) is 9.97 Å². The summed E-state index contributed by atoms with van der Waals surface area (Å²) < 4.78 is 6.38. The molecule has 1 aliphatic carbocycles. The van der Waals surface area contributed by atoms with E-state index in [0.717, 1.165) is 17.4 Å². The smallest absolute Gasteiger partial charge is 0.233 e. The van der Waals surface area contributed by atoms with E-state index < -0.39 is 0 Å². The first-order chi connectivity index (χ1) is 6.34. The summed E-state index contributed by atoms with van der Waals surface area (Å²) in [7, 11) is 0. The molecule has 0 N–H and O–H groups in total. The number of halogens is 1. The second-order valence-electron chi connectivity index (χ2n) is 3.20. The molecule has 1 saturated carbocycles. The molecule has 1 aliphatic rings. The van der Waals surface area contributed by atoms with E-state index in [1.54, 1.807) is 12.4 Å². The molecule has 4 heteroatoms. The molecule has 3 nitrogen and oxygen atoms in total. The fourth-order valence-corrected chi connectivity index (χ4v) is 1.85. The van der Waals surface area contributed by atoms with Crippen LogP contribution in [0.4, 0.5) is 0 Å². The van der Waals surface area contributed by atoms with Gasteiger partial charge >= 0.3 is 0 Å². The molecule has 0 unspecified atom stereocenters. The SMILES string of the molecule is Brc1cncc(OC2CCCC2)n1. The molecule has 1 fully saturated rings. The molecule has 0 aromatic carbocycles. The van der Waals surface area contributed by atoms with Crippen LogP contribution in [0.1, 0.15) is 25.7 Å². The molecule has 0 aliphatic heterocycles. The summed E-state index contributed by atoms with van der Waals surface area (Å²) in [6.07, 6.45) is 8.49. The monoisotopic (exact) mass is 242 g/mol. The van der Waals surface area contributed by atoms with Crippen LogP contribution in [0, 0.1) is 0 Å². The molecule has 1 aromatic rings. The number of ether oxygens (including phenoxy) is 1. The maximum atomic E-state index is 5.65. The van der Waals surface area contributed by atoms with E-state index in [0.29, 0.717) is 12.0 Å². The van der Waals surface area contributed by atoms with Gasteiger partial charge < -0.3 is 4.74 Å². The predicted molar refractivity (Wildman–Crippen MR) is 52.6 cm³/mol. The number of aromatic nitrogens is 2. The summed E-state index contributed by atoms with van der Waals surface area (Å²) in [6, 6.07) is 0. The highest BCUT2D eigenvalue weighted by Gasteiger charge is 2.16. The van der Waals surface area contributed by atoms with Crippen molar-refractivity contribution in [3.63, 3.8) is 0 Å². The van der Waals surface area contributed by atoms with Crippen molar-refractivity contribution in [1.29, 1.82) is 0 Å². The van der Waals surface area contributed by atoms with Gasteiger partial charge in [0.1, 0.15) is 10.7 Å². The molecular weight excluding hydrogens is 232 g/mol. The Kier molecular flexibility index (Phi) is 2.78. The third-order valence-electron chi connectivity index (χ3n) is 2.17. The Bertz CT molecular complexity index is 287. The zero-order valence-electron chi connectivity index (χ0n) is 7.24. The second kappa shape index (κ2) is 4.05. The lowest BCUT2D eigenvalue weighted by Gasteiger charge is -2.10. The molecule has 1 heterocycles. The third-order valence-corrected chi connectivity index (χ3v) is 2.55. The van der Waals surface area contributed by atoms with Crippen LogP contribution in [-0.2, 0) is 0 Å². The number of rotatable bonds is 2. The van der Waals surface area contributed by atoms with Crippen molar-refractivity contribution in [2.24, 2.45) is 0 Å². The van der Waals surface area contributed by atoms with Gasteiger partial charge in [0.2, 0.25) is 5.88 Å². The largest absolute Gasteiger partial charge is 0.473 e. The molecule has 0 spiro atoms. The molecule has 0 bridgehead atoms. The van der Waals surface area contributed by atoms with Gasteiger partial charge in [0.15, 0.2) is 0 Å². The average Bonchev–Trinajstić information content (AvgIpc) is 2.57. The fourth-order valence-electron chi connectivity index (χ4n) is 1.56. The Morgan fingerprint density at radius 3 is 2.77 bits per heavy atom. The minimum atomic E-state index is 0.351. The molecule has 13 heavy (non-hydrogen) atoms. The zero-order chi connectivity index (χ0) is 9.10. The van der Waals surface area contributed by atoms with Gasteiger partial charge in [-0.2, -0.15) is 0 Å². The standard InChI is InChI=1S/C9H11BrN2O/c10-8-5-11-6-9(12-8)13-7-3-1-2-4-7/h5-7H,1-4H2. The Morgan fingerprint density at radius 1 is 1.31 bits per heavy atom. The highest BCUT2D eigenvalue weighted by Crippen LogP contribution is 2.22. The average molecular weight is 243 g/mol. The van der Waals surface area contributed by atoms with E-state index in [4.69, 9.17) is 4.74 Å². The quantitative estimate of drug-likeness (QED) is 0.800. The Balaban J connectivity index is 2.00. The van der Waals surface area contributed by atoms with Crippen molar-refractivity contribution in [3.8, 4) is 5.88 Å². The highest BCUT2D eigenvalue weighted by molar-refractivity contribution is 9.10. The van der Waals surface area contributed by atoms with Crippen molar-refractivity contribution >= 4 is 15.9 Å². The van der Waals surface area contributed by atoms with E-state index in [2.05, 4.69) is 25.9 Å². The van der Waals surface area contributed by atoms with Crippen molar-refractivity contribution in [2.45, 2.75) is 31.8 Å². The molecule has 2 rings (SSSR count). The van der Waals surface area contributed by atoms with Crippen molar-refractivity contribution in [2.75, 3.05) is 0 Å². The van der Waals surface area contributed by atoms with E-state index in [1.165, 1.54) is 12.8 Å². The topological polar surface area (TPSA) is 35.0 Å². The van der Waals surface area contributed by atoms with Gasteiger partial charge in [-0.3, -0.25) is 4.98 Å². The maximum Gasteiger partial charge on any atom is 0.233 e. The van der Waals surface area contributed by atoms with Gasteiger partial charge in [0.25, 0.3) is 0 Å². The van der Waals surface area contributed by atoms with Crippen molar-refractivity contribution < 1.29 is 4.74 Å². The lowest BCUT2D eigenvalue weighted by atomic mass is 10.3. The maximum absolute atomic E-state index is 5.65. The van der Waals surface area contributed by atoms with Crippen LogP contribution in [0.3, 0.4) is 0 Å². The first-order valence-corrected chi connectivity index (χ1v) is 5.28. The summed E-state index contributed by atoms with van der Waals surface area (Å²) in [5.74, 6) is 0.626.